The monoisotopic (exact) mass is 302 g/mol. The third-order valence-corrected chi connectivity index (χ3v) is 2.61. The fourth-order valence-corrected chi connectivity index (χ4v) is 1.88. The molecular weight excluding hydrogens is 287 g/mol. The van der Waals surface area contributed by atoms with Crippen molar-refractivity contribution in [3.8, 4) is 0 Å². The molecule has 4 nitrogen and oxygen atoms in total. The standard InChI is InChI=1S/C13H16Cl2N2O2/c1-8(2)7-16-12(18)6-13(19)17-11-4-9(14)3-10(15)5-11/h3-5,8H,6-7H2,1-2H3,(H,16,18)(H,17,19). The first-order valence-corrected chi connectivity index (χ1v) is 6.65. The zero-order valence-corrected chi connectivity index (χ0v) is 12.3. The topological polar surface area (TPSA) is 58.2 Å². The van der Waals surface area contributed by atoms with E-state index in [-0.39, 0.29) is 12.3 Å². The maximum Gasteiger partial charge on any atom is 0.233 e. The summed E-state index contributed by atoms with van der Waals surface area (Å²) in [6.45, 7) is 4.51. The van der Waals surface area contributed by atoms with Crippen molar-refractivity contribution in [1.29, 1.82) is 0 Å². The SMILES string of the molecule is CC(C)CNC(=O)CC(=O)Nc1cc(Cl)cc(Cl)c1. The second-order valence-corrected chi connectivity index (χ2v) is 5.45. The molecule has 0 atom stereocenters. The minimum absolute atomic E-state index is 0.225. The largest absolute Gasteiger partial charge is 0.355 e. The fraction of sp³-hybridized carbons (Fsp3) is 0.385. The van der Waals surface area contributed by atoms with Gasteiger partial charge in [-0.25, -0.2) is 0 Å². The van der Waals surface area contributed by atoms with Crippen LogP contribution in [0.1, 0.15) is 20.3 Å². The Morgan fingerprint density at radius 3 is 2.21 bits per heavy atom. The molecule has 2 amide bonds. The first-order chi connectivity index (χ1) is 8.86. The summed E-state index contributed by atoms with van der Waals surface area (Å²) in [5.74, 6) is -0.363. The summed E-state index contributed by atoms with van der Waals surface area (Å²) in [5.41, 5.74) is 0.471. The summed E-state index contributed by atoms with van der Waals surface area (Å²) in [4.78, 5) is 23.1. The molecule has 0 unspecified atom stereocenters. The second kappa shape index (κ2) is 7.36. The van der Waals surface area contributed by atoms with Crippen LogP contribution in [0.25, 0.3) is 0 Å². The quantitative estimate of drug-likeness (QED) is 0.821. The van der Waals surface area contributed by atoms with E-state index in [9.17, 15) is 9.59 Å². The van der Waals surface area contributed by atoms with Gasteiger partial charge in [-0.15, -0.1) is 0 Å². The van der Waals surface area contributed by atoms with Gasteiger partial charge in [0.1, 0.15) is 6.42 Å². The highest BCUT2D eigenvalue weighted by atomic mass is 35.5. The molecule has 0 saturated heterocycles. The van der Waals surface area contributed by atoms with E-state index in [1.807, 2.05) is 13.8 Å². The number of anilines is 1. The molecular formula is C13H16Cl2N2O2. The second-order valence-electron chi connectivity index (χ2n) is 4.58. The van der Waals surface area contributed by atoms with E-state index in [1.165, 1.54) is 0 Å². The molecule has 0 aliphatic rings. The van der Waals surface area contributed by atoms with E-state index in [4.69, 9.17) is 23.2 Å². The van der Waals surface area contributed by atoms with Gasteiger partial charge >= 0.3 is 0 Å². The molecule has 104 valence electrons. The smallest absolute Gasteiger partial charge is 0.233 e. The van der Waals surface area contributed by atoms with E-state index in [0.717, 1.165) is 0 Å². The minimum atomic E-state index is -0.403. The van der Waals surface area contributed by atoms with Crippen LogP contribution in [0.5, 0.6) is 0 Å². The van der Waals surface area contributed by atoms with Gasteiger partial charge in [-0.05, 0) is 24.1 Å². The average molecular weight is 303 g/mol. The van der Waals surface area contributed by atoms with Crippen LogP contribution in [0.4, 0.5) is 5.69 Å². The third kappa shape index (κ3) is 6.45. The van der Waals surface area contributed by atoms with E-state index >= 15 is 0 Å². The molecule has 19 heavy (non-hydrogen) atoms. The van der Waals surface area contributed by atoms with Crippen molar-refractivity contribution in [2.75, 3.05) is 11.9 Å². The first-order valence-electron chi connectivity index (χ1n) is 5.89. The van der Waals surface area contributed by atoms with Gasteiger partial charge in [0.15, 0.2) is 0 Å². The molecule has 0 radical (unpaired) electrons. The summed E-state index contributed by atoms with van der Waals surface area (Å²) in [6.07, 6.45) is -0.225. The van der Waals surface area contributed by atoms with Crippen molar-refractivity contribution in [3.05, 3.63) is 28.2 Å². The van der Waals surface area contributed by atoms with Crippen LogP contribution in [0.3, 0.4) is 0 Å². The minimum Gasteiger partial charge on any atom is -0.355 e. The van der Waals surface area contributed by atoms with Gasteiger partial charge in [0.25, 0.3) is 0 Å². The Labute approximate surface area is 122 Å². The molecule has 0 fully saturated rings. The lowest BCUT2D eigenvalue weighted by Gasteiger charge is -2.08. The molecule has 0 aliphatic carbocycles. The summed E-state index contributed by atoms with van der Waals surface area (Å²) in [7, 11) is 0. The van der Waals surface area contributed by atoms with Gasteiger partial charge in [-0.2, -0.15) is 0 Å². The molecule has 0 saturated carbocycles. The van der Waals surface area contributed by atoms with Crippen LogP contribution in [0.15, 0.2) is 18.2 Å². The Hall–Kier alpha value is -1.26. The van der Waals surface area contributed by atoms with Crippen molar-refractivity contribution in [2.45, 2.75) is 20.3 Å². The summed E-state index contributed by atoms with van der Waals surface area (Å²) in [5, 5.41) is 6.09. The Kier molecular flexibility index (Phi) is 6.12. The number of amides is 2. The van der Waals surface area contributed by atoms with Crippen LogP contribution >= 0.6 is 23.2 Å². The van der Waals surface area contributed by atoms with Crippen LogP contribution in [-0.4, -0.2) is 18.4 Å². The predicted molar refractivity (Wildman–Crippen MR) is 77.6 cm³/mol. The van der Waals surface area contributed by atoms with Gasteiger partial charge in [0, 0.05) is 22.3 Å². The Bertz CT molecular complexity index is 455. The van der Waals surface area contributed by atoms with Crippen LogP contribution < -0.4 is 10.6 Å². The van der Waals surface area contributed by atoms with Gasteiger partial charge < -0.3 is 10.6 Å². The third-order valence-electron chi connectivity index (χ3n) is 2.17. The molecule has 1 aromatic carbocycles. The zero-order valence-electron chi connectivity index (χ0n) is 10.8. The zero-order chi connectivity index (χ0) is 14.4. The molecule has 1 aromatic rings. The highest BCUT2D eigenvalue weighted by Crippen LogP contribution is 2.22. The predicted octanol–water partition coefficient (Wildman–Crippen LogP) is 3.09. The molecule has 0 aromatic heterocycles. The van der Waals surface area contributed by atoms with E-state index in [0.29, 0.717) is 28.2 Å². The van der Waals surface area contributed by atoms with E-state index < -0.39 is 5.91 Å². The highest BCUT2D eigenvalue weighted by molar-refractivity contribution is 6.35. The summed E-state index contributed by atoms with van der Waals surface area (Å²) in [6, 6.07) is 4.70. The molecule has 0 spiro atoms. The average Bonchev–Trinajstić information content (AvgIpc) is 2.24. The van der Waals surface area contributed by atoms with Crippen molar-refractivity contribution in [1.82, 2.24) is 5.32 Å². The number of halogens is 2. The summed E-state index contributed by atoms with van der Waals surface area (Å²) < 4.78 is 0. The number of nitrogens with one attached hydrogen (secondary N) is 2. The number of carbonyl (C=O) groups excluding carboxylic acids is 2. The lowest BCUT2D eigenvalue weighted by atomic mass is 10.2. The number of rotatable bonds is 5. The molecule has 0 aliphatic heterocycles. The molecule has 1 rings (SSSR count). The lowest BCUT2D eigenvalue weighted by molar-refractivity contribution is -0.126. The van der Waals surface area contributed by atoms with Crippen molar-refractivity contribution in [3.63, 3.8) is 0 Å². The molecule has 0 bridgehead atoms. The molecule has 0 heterocycles. The van der Waals surface area contributed by atoms with Crippen molar-refractivity contribution in [2.24, 2.45) is 5.92 Å². The van der Waals surface area contributed by atoms with Gasteiger partial charge in [-0.1, -0.05) is 37.0 Å². The number of benzene rings is 1. The number of carbonyl (C=O) groups is 2. The van der Waals surface area contributed by atoms with Crippen LogP contribution in [0.2, 0.25) is 10.0 Å². The number of hydrogen-bond donors (Lipinski definition) is 2. The lowest BCUT2D eigenvalue weighted by Crippen LogP contribution is -2.30. The van der Waals surface area contributed by atoms with E-state index in [1.54, 1.807) is 18.2 Å². The number of hydrogen-bond acceptors (Lipinski definition) is 2. The van der Waals surface area contributed by atoms with Crippen molar-refractivity contribution < 1.29 is 9.59 Å². The maximum atomic E-state index is 11.6. The van der Waals surface area contributed by atoms with Gasteiger partial charge in [-0.3, -0.25) is 9.59 Å². The summed E-state index contributed by atoms with van der Waals surface area (Å²) >= 11 is 11.6. The van der Waals surface area contributed by atoms with Crippen LogP contribution in [-0.2, 0) is 9.59 Å². The van der Waals surface area contributed by atoms with Crippen LogP contribution in [0, 0.1) is 5.92 Å². The Balaban J connectivity index is 2.48. The van der Waals surface area contributed by atoms with Gasteiger partial charge in [0.05, 0.1) is 0 Å². The van der Waals surface area contributed by atoms with Crippen molar-refractivity contribution >= 4 is 40.7 Å². The molecule has 6 heteroatoms. The fourth-order valence-electron chi connectivity index (χ4n) is 1.36. The maximum absolute atomic E-state index is 11.6. The van der Waals surface area contributed by atoms with E-state index in [2.05, 4.69) is 10.6 Å². The Morgan fingerprint density at radius 1 is 1.11 bits per heavy atom. The molecule has 2 N–H and O–H groups in total. The highest BCUT2D eigenvalue weighted by Gasteiger charge is 2.10. The van der Waals surface area contributed by atoms with Gasteiger partial charge in [0.2, 0.25) is 11.8 Å². The normalized spacial score (nSPS) is 10.4. The first kappa shape index (κ1) is 15.8. The Morgan fingerprint density at radius 2 is 1.68 bits per heavy atom.